The second-order valence-electron chi connectivity index (χ2n) is 4.15. The fourth-order valence-electron chi connectivity index (χ4n) is 1.81. The fraction of sp³-hybridized carbons (Fsp3) is 0.286. The van der Waals surface area contributed by atoms with E-state index >= 15 is 0 Å². The zero-order valence-corrected chi connectivity index (χ0v) is 10.2. The molecule has 2 rings (SSSR count). The number of aryl methyl sites for hydroxylation is 2. The molecule has 1 atom stereocenters. The van der Waals surface area contributed by atoms with Gasteiger partial charge in [0.05, 0.1) is 5.69 Å². The SMILES string of the molecule is [CH2]C(O)n1cc(-c2ccc(C)cc2)nc1CC. The summed E-state index contributed by atoms with van der Waals surface area (Å²) in [5, 5.41) is 9.55. The average Bonchev–Trinajstić information content (AvgIpc) is 2.74. The first-order valence-corrected chi connectivity index (χ1v) is 5.77. The summed E-state index contributed by atoms with van der Waals surface area (Å²) in [5.74, 6) is 0.850. The lowest BCUT2D eigenvalue weighted by Gasteiger charge is -2.07. The Morgan fingerprint density at radius 2 is 2.00 bits per heavy atom. The van der Waals surface area contributed by atoms with E-state index in [4.69, 9.17) is 0 Å². The minimum atomic E-state index is -0.781. The van der Waals surface area contributed by atoms with Crippen LogP contribution in [-0.2, 0) is 6.42 Å². The monoisotopic (exact) mass is 229 g/mol. The summed E-state index contributed by atoms with van der Waals surface area (Å²) >= 11 is 0. The van der Waals surface area contributed by atoms with Gasteiger partial charge in [0.15, 0.2) is 0 Å². The molecule has 0 fully saturated rings. The molecule has 1 unspecified atom stereocenters. The van der Waals surface area contributed by atoms with Crippen LogP contribution in [0.4, 0.5) is 0 Å². The van der Waals surface area contributed by atoms with Gasteiger partial charge in [-0.1, -0.05) is 36.8 Å². The number of imidazole rings is 1. The number of rotatable bonds is 3. The van der Waals surface area contributed by atoms with Crippen molar-refractivity contribution < 1.29 is 5.11 Å². The Labute approximate surface area is 102 Å². The van der Waals surface area contributed by atoms with Crippen molar-refractivity contribution in [3.8, 4) is 11.3 Å². The van der Waals surface area contributed by atoms with Gasteiger partial charge in [-0.2, -0.15) is 0 Å². The van der Waals surface area contributed by atoms with Gasteiger partial charge in [-0.3, -0.25) is 0 Å². The van der Waals surface area contributed by atoms with Crippen molar-refractivity contribution in [2.75, 3.05) is 0 Å². The minimum absolute atomic E-state index is 0.776. The van der Waals surface area contributed by atoms with Crippen LogP contribution in [0.2, 0.25) is 0 Å². The van der Waals surface area contributed by atoms with Crippen LogP contribution in [0.5, 0.6) is 0 Å². The van der Waals surface area contributed by atoms with Gasteiger partial charge in [0.2, 0.25) is 0 Å². The molecule has 1 N–H and O–H groups in total. The van der Waals surface area contributed by atoms with Gasteiger partial charge in [0.25, 0.3) is 0 Å². The zero-order valence-electron chi connectivity index (χ0n) is 10.2. The number of aliphatic hydroxyl groups is 1. The molecule has 0 aliphatic carbocycles. The Bertz CT molecular complexity index is 497. The Hall–Kier alpha value is -1.61. The average molecular weight is 229 g/mol. The van der Waals surface area contributed by atoms with Crippen LogP contribution in [0.25, 0.3) is 11.3 Å². The van der Waals surface area contributed by atoms with E-state index in [-0.39, 0.29) is 0 Å². The third-order valence-electron chi connectivity index (χ3n) is 2.79. The number of hydrogen-bond acceptors (Lipinski definition) is 2. The van der Waals surface area contributed by atoms with Crippen LogP contribution in [-0.4, -0.2) is 14.7 Å². The number of benzene rings is 1. The summed E-state index contributed by atoms with van der Waals surface area (Å²) in [6, 6.07) is 8.19. The molecule has 3 heteroatoms. The van der Waals surface area contributed by atoms with Crippen LogP contribution in [0.15, 0.2) is 30.5 Å². The maximum atomic E-state index is 9.55. The van der Waals surface area contributed by atoms with Gasteiger partial charge in [-0.25, -0.2) is 4.98 Å². The fourth-order valence-corrected chi connectivity index (χ4v) is 1.81. The highest BCUT2D eigenvalue weighted by molar-refractivity contribution is 5.59. The van der Waals surface area contributed by atoms with Crippen LogP contribution < -0.4 is 0 Å². The van der Waals surface area contributed by atoms with Crippen molar-refractivity contribution in [2.24, 2.45) is 0 Å². The Kier molecular flexibility index (Phi) is 3.29. The normalized spacial score (nSPS) is 12.7. The molecule has 0 aliphatic rings. The summed E-state index contributed by atoms with van der Waals surface area (Å²) in [7, 11) is 0. The highest BCUT2D eigenvalue weighted by atomic mass is 16.3. The summed E-state index contributed by atoms with van der Waals surface area (Å²) in [6.45, 7) is 7.69. The van der Waals surface area contributed by atoms with Gasteiger partial charge in [-0.15, -0.1) is 0 Å². The predicted octanol–water partition coefficient (Wildman–Crippen LogP) is 2.75. The molecule has 89 valence electrons. The second-order valence-corrected chi connectivity index (χ2v) is 4.15. The smallest absolute Gasteiger partial charge is 0.132 e. The first kappa shape index (κ1) is 11.9. The van der Waals surface area contributed by atoms with E-state index in [0.29, 0.717) is 0 Å². The van der Waals surface area contributed by atoms with E-state index in [9.17, 15) is 5.11 Å². The molecule has 1 heterocycles. The lowest BCUT2D eigenvalue weighted by atomic mass is 10.1. The summed E-state index contributed by atoms with van der Waals surface area (Å²) < 4.78 is 1.70. The highest BCUT2D eigenvalue weighted by Gasteiger charge is 2.10. The van der Waals surface area contributed by atoms with Crippen LogP contribution in [0.3, 0.4) is 0 Å². The Morgan fingerprint density at radius 3 is 2.47 bits per heavy atom. The van der Waals surface area contributed by atoms with Crippen LogP contribution in [0.1, 0.15) is 24.5 Å². The van der Waals surface area contributed by atoms with Crippen molar-refractivity contribution >= 4 is 0 Å². The summed E-state index contributed by atoms with van der Waals surface area (Å²) in [6.07, 6.45) is 1.84. The van der Waals surface area contributed by atoms with Crippen molar-refractivity contribution in [1.29, 1.82) is 0 Å². The molecule has 1 radical (unpaired) electrons. The van der Waals surface area contributed by atoms with Crippen molar-refractivity contribution in [3.05, 3.63) is 48.8 Å². The maximum Gasteiger partial charge on any atom is 0.132 e. The molecule has 3 nitrogen and oxygen atoms in total. The highest BCUT2D eigenvalue weighted by Crippen LogP contribution is 2.21. The van der Waals surface area contributed by atoms with Gasteiger partial charge in [0, 0.05) is 18.2 Å². The van der Waals surface area contributed by atoms with Crippen LogP contribution >= 0.6 is 0 Å². The number of hydrogen-bond donors (Lipinski definition) is 1. The summed E-state index contributed by atoms with van der Waals surface area (Å²) in [4.78, 5) is 4.51. The molecule has 0 saturated heterocycles. The standard InChI is InChI=1S/C14H17N2O/c1-4-14-15-13(9-16(14)11(3)17)12-7-5-10(2)6-8-12/h5-9,11,17H,3-4H2,1-2H3. The topological polar surface area (TPSA) is 38.0 Å². The van der Waals surface area contributed by atoms with E-state index in [0.717, 1.165) is 23.5 Å². The number of aliphatic hydroxyl groups excluding tert-OH is 1. The van der Waals surface area contributed by atoms with E-state index < -0.39 is 6.23 Å². The van der Waals surface area contributed by atoms with E-state index in [1.54, 1.807) is 4.57 Å². The Morgan fingerprint density at radius 1 is 1.35 bits per heavy atom. The van der Waals surface area contributed by atoms with Crippen LogP contribution in [0, 0.1) is 13.8 Å². The van der Waals surface area contributed by atoms with Gasteiger partial charge >= 0.3 is 0 Å². The largest absolute Gasteiger partial charge is 0.373 e. The van der Waals surface area contributed by atoms with Gasteiger partial charge in [-0.05, 0) is 13.8 Å². The molecular weight excluding hydrogens is 212 g/mol. The second kappa shape index (κ2) is 4.72. The molecule has 1 aromatic carbocycles. The van der Waals surface area contributed by atoms with Crippen molar-refractivity contribution in [1.82, 2.24) is 9.55 Å². The first-order chi connectivity index (χ1) is 8.11. The molecule has 0 bridgehead atoms. The van der Waals surface area contributed by atoms with E-state index in [1.807, 2.05) is 25.3 Å². The molecule has 0 amide bonds. The molecule has 0 saturated carbocycles. The number of nitrogens with zero attached hydrogens (tertiary/aromatic N) is 2. The zero-order chi connectivity index (χ0) is 12.4. The van der Waals surface area contributed by atoms with E-state index in [2.05, 4.69) is 31.0 Å². The quantitative estimate of drug-likeness (QED) is 0.878. The maximum absolute atomic E-state index is 9.55. The van der Waals surface area contributed by atoms with Crippen molar-refractivity contribution in [2.45, 2.75) is 26.5 Å². The lowest BCUT2D eigenvalue weighted by molar-refractivity contribution is 0.148. The minimum Gasteiger partial charge on any atom is -0.373 e. The third-order valence-corrected chi connectivity index (χ3v) is 2.79. The van der Waals surface area contributed by atoms with Gasteiger partial charge < -0.3 is 9.67 Å². The number of aromatic nitrogens is 2. The molecule has 2 aromatic rings. The third kappa shape index (κ3) is 2.39. The lowest BCUT2D eigenvalue weighted by Crippen LogP contribution is -2.06. The van der Waals surface area contributed by atoms with Crippen molar-refractivity contribution in [3.63, 3.8) is 0 Å². The molecule has 0 spiro atoms. The Balaban J connectivity index is 2.42. The molecular formula is C14H17N2O. The van der Waals surface area contributed by atoms with E-state index in [1.165, 1.54) is 5.56 Å². The molecule has 1 aromatic heterocycles. The van der Waals surface area contributed by atoms with Gasteiger partial charge in [0.1, 0.15) is 12.1 Å². The summed E-state index contributed by atoms with van der Waals surface area (Å²) in [5.41, 5.74) is 3.16. The molecule has 0 aliphatic heterocycles. The predicted molar refractivity (Wildman–Crippen MR) is 68.4 cm³/mol. The first-order valence-electron chi connectivity index (χ1n) is 5.77. The molecule has 17 heavy (non-hydrogen) atoms.